The monoisotopic (exact) mass is 155 g/mol. The lowest BCUT2D eigenvalue weighted by Crippen LogP contribution is -2.39. The van der Waals surface area contributed by atoms with Crippen LogP contribution in [0.15, 0.2) is 0 Å². The molecule has 0 aromatic rings. The molecular weight excluding hydrogens is 138 g/mol. The average molecular weight is 155 g/mol. The van der Waals surface area contributed by atoms with Gasteiger partial charge in [0.05, 0.1) is 6.61 Å². The minimum atomic E-state index is 0.326. The van der Waals surface area contributed by atoms with E-state index in [1.54, 1.807) is 0 Å². The first kappa shape index (κ1) is 7.56. The molecule has 2 heteroatoms. The largest absolute Gasteiger partial charge is 0.395 e. The van der Waals surface area contributed by atoms with E-state index in [2.05, 4.69) is 11.8 Å². The second-order valence-corrected chi connectivity index (χ2v) is 3.94. The first-order valence-corrected chi connectivity index (χ1v) is 4.71. The number of fused-ring (bicyclic) bond motifs is 2. The van der Waals surface area contributed by atoms with Crippen LogP contribution in [-0.4, -0.2) is 34.7 Å². The third kappa shape index (κ3) is 1.09. The summed E-state index contributed by atoms with van der Waals surface area (Å²) in [6.07, 6.45) is 5.48. The SMILES string of the molecule is C[C@@H](CO)N1C2CCC1CC2. The van der Waals surface area contributed by atoms with Crippen LogP contribution in [0.1, 0.15) is 32.6 Å². The molecule has 0 amide bonds. The highest BCUT2D eigenvalue weighted by Gasteiger charge is 2.41. The Morgan fingerprint density at radius 2 is 1.73 bits per heavy atom. The van der Waals surface area contributed by atoms with Gasteiger partial charge in [0.1, 0.15) is 0 Å². The molecule has 0 aromatic heterocycles. The smallest absolute Gasteiger partial charge is 0.0584 e. The Kier molecular flexibility index (Phi) is 1.90. The van der Waals surface area contributed by atoms with Crippen LogP contribution in [0.3, 0.4) is 0 Å². The maximum Gasteiger partial charge on any atom is 0.0584 e. The summed E-state index contributed by atoms with van der Waals surface area (Å²) in [6.45, 7) is 2.46. The van der Waals surface area contributed by atoms with Crippen molar-refractivity contribution in [2.45, 2.75) is 50.7 Å². The van der Waals surface area contributed by atoms with Crippen molar-refractivity contribution >= 4 is 0 Å². The Bertz CT molecular complexity index is 128. The Labute approximate surface area is 68.2 Å². The third-order valence-electron chi connectivity index (χ3n) is 3.28. The van der Waals surface area contributed by atoms with Crippen molar-refractivity contribution in [2.24, 2.45) is 0 Å². The lowest BCUT2D eigenvalue weighted by Gasteiger charge is -2.27. The molecule has 2 aliphatic heterocycles. The summed E-state index contributed by atoms with van der Waals surface area (Å²) in [5.41, 5.74) is 0. The summed E-state index contributed by atoms with van der Waals surface area (Å²) in [5.74, 6) is 0. The molecular formula is C9H17NO. The molecule has 2 fully saturated rings. The second kappa shape index (κ2) is 2.76. The summed E-state index contributed by atoms with van der Waals surface area (Å²) in [5, 5.41) is 9.02. The molecule has 2 saturated heterocycles. The van der Waals surface area contributed by atoms with Gasteiger partial charge in [-0.05, 0) is 32.6 Å². The van der Waals surface area contributed by atoms with Crippen LogP contribution in [0.4, 0.5) is 0 Å². The van der Waals surface area contributed by atoms with E-state index < -0.39 is 0 Å². The topological polar surface area (TPSA) is 23.5 Å². The molecule has 2 heterocycles. The fraction of sp³-hybridized carbons (Fsp3) is 1.00. The van der Waals surface area contributed by atoms with Gasteiger partial charge in [-0.2, -0.15) is 0 Å². The van der Waals surface area contributed by atoms with Crippen LogP contribution in [0.5, 0.6) is 0 Å². The van der Waals surface area contributed by atoms with Gasteiger partial charge in [-0.15, -0.1) is 0 Å². The van der Waals surface area contributed by atoms with E-state index in [0.29, 0.717) is 12.6 Å². The predicted molar refractivity (Wildman–Crippen MR) is 44.4 cm³/mol. The van der Waals surface area contributed by atoms with Crippen molar-refractivity contribution < 1.29 is 5.11 Å². The molecule has 1 atom stereocenters. The lowest BCUT2D eigenvalue weighted by atomic mass is 10.0. The van der Waals surface area contributed by atoms with Gasteiger partial charge < -0.3 is 5.11 Å². The van der Waals surface area contributed by atoms with Crippen LogP contribution < -0.4 is 0 Å². The minimum absolute atomic E-state index is 0.326. The van der Waals surface area contributed by atoms with E-state index in [1.165, 1.54) is 25.7 Å². The van der Waals surface area contributed by atoms with E-state index in [1.807, 2.05) is 0 Å². The molecule has 2 bridgehead atoms. The van der Waals surface area contributed by atoms with Gasteiger partial charge in [0.25, 0.3) is 0 Å². The van der Waals surface area contributed by atoms with E-state index in [0.717, 1.165) is 12.1 Å². The van der Waals surface area contributed by atoms with Crippen molar-refractivity contribution in [3.05, 3.63) is 0 Å². The third-order valence-corrected chi connectivity index (χ3v) is 3.28. The number of hydrogen-bond donors (Lipinski definition) is 1. The van der Waals surface area contributed by atoms with Crippen molar-refractivity contribution in [3.8, 4) is 0 Å². The van der Waals surface area contributed by atoms with E-state index in [-0.39, 0.29) is 0 Å². The Hall–Kier alpha value is -0.0800. The maximum atomic E-state index is 9.02. The number of aliphatic hydroxyl groups excluding tert-OH is 1. The minimum Gasteiger partial charge on any atom is -0.395 e. The van der Waals surface area contributed by atoms with Gasteiger partial charge >= 0.3 is 0 Å². The number of aliphatic hydroxyl groups is 1. The van der Waals surface area contributed by atoms with E-state index >= 15 is 0 Å². The highest BCUT2D eigenvalue weighted by Crippen LogP contribution is 2.38. The van der Waals surface area contributed by atoms with Gasteiger partial charge in [-0.3, -0.25) is 4.90 Å². The molecule has 2 aliphatic rings. The second-order valence-electron chi connectivity index (χ2n) is 3.94. The molecule has 0 saturated carbocycles. The van der Waals surface area contributed by atoms with Crippen molar-refractivity contribution in [3.63, 3.8) is 0 Å². The van der Waals surface area contributed by atoms with Gasteiger partial charge in [-0.1, -0.05) is 0 Å². The summed E-state index contributed by atoms with van der Waals surface area (Å²) in [6, 6.07) is 2.01. The normalized spacial score (nSPS) is 39.8. The van der Waals surface area contributed by atoms with Crippen molar-refractivity contribution in [1.29, 1.82) is 0 Å². The van der Waals surface area contributed by atoms with Crippen molar-refractivity contribution in [1.82, 2.24) is 4.90 Å². The van der Waals surface area contributed by atoms with Crippen LogP contribution in [-0.2, 0) is 0 Å². The average Bonchev–Trinajstić information content (AvgIpc) is 2.61. The van der Waals surface area contributed by atoms with Gasteiger partial charge in [0, 0.05) is 18.1 Å². The number of rotatable bonds is 2. The quantitative estimate of drug-likeness (QED) is 0.643. The zero-order valence-electron chi connectivity index (χ0n) is 7.16. The zero-order chi connectivity index (χ0) is 7.84. The maximum absolute atomic E-state index is 9.02. The molecule has 2 rings (SSSR count). The fourth-order valence-corrected chi connectivity index (χ4v) is 2.77. The predicted octanol–water partition coefficient (Wildman–Crippen LogP) is 0.994. The summed E-state index contributed by atoms with van der Waals surface area (Å²) in [7, 11) is 0. The van der Waals surface area contributed by atoms with E-state index in [4.69, 9.17) is 5.11 Å². The highest BCUT2D eigenvalue weighted by molar-refractivity contribution is 4.96. The molecule has 2 nitrogen and oxygen atoms in total. The van der Waals surface area contributed by atoms with Crippen LogP contribution in [0.25, 0.3) is 0 Å². The molecule has 0 aromatic carbocycles. The first-order valence-electron chi connectivity index (χ1n) is 4.71. The first-order chi connectivity index (χ1) is 5.33. The molecule has 11 heavy (non-hydrogen) atoms. The van der Waals surface area contributed by atoms with Crippen LogP contribution >= 0.6 is 0 Å². The molecule has 0 aliphatic carbocycles. The van der Waals surface area contributed by atoms with Crippen LogP contribution in [0, 0.1) is 0 Å². The van der Waals surface area contributed by atoms with Crippen LogP contribution in [0.2, 0.25) is 0 Å². The summed E-state index contributed by atoms with van der Waals surface area (Å²) >= 11 is 0. The van der Waals surface area contributed by atoms with Gasteiger partial charge in [0.15, 0.2) is 0 Å². The van der Waals surface area contributed by atoms with Gasteiger partial charge in [-0.25, -0.2) is 0 Å². The Morgan fingerprint density at radius 3 is 2.09 bits per heavy atom. The fourth-order valence-electron chi connectivity index (χ4n) is 2.77. The zero-order valence-corrected chi connectivity index (χ0v) is 7.16. The molecule has 0 radical (unpaired) electrons. The standard InChI is InChI=1S/C9H17NO/c1-7(6-11)10-8-2-3-9(10)5-4-8/h7-9,11H,2-6H2,1H3/t7-,8?,9?/m0/s1. The Morgan fingerprint density at radius 1 is 1.27 bits per heavy atom. The van der Waals surface area contributed by atoms with E-state index in [9.17, 15) is 0 Å². The number of nitrogens with zero attached hydrogens (tertiary/aromatic N) is 1. The highest BCUT2D eigenvalue weighted by atomic mass is 16.3. The Balaban J connectivity index is 2.03. The molecule has 0 unspecified atom stereocenters. The lowest BCUT2D eigenvalue weighted by molar-refractivity contribution is 0.120. The van der Waals surface area contributed by atoms with Crippen molar-refractivity contribution in [2.75, 3.05) is 6.61 Å². The summed E-state index contributed by atoms with van der Waals surface area (Å²) < 4.78 is 0. The number of hydrogen-bond acceptors (Lipinski definition) is 2. The van der Waals surface area contributed by atoms with Gasteiger partial charge in [0.2, 0.25) is 0 Å². The molecule has 64 valence electrons. The summed E-state index contributed by atoms with van der Waals surface area (Å²) in [4.78, 5) is 2.53. The molecule has 1 N–H and O–H groups in total. The molecule has 0 spiro atoms.